The first-order valence-electron chi connectivity index (χ1n) is 5.85. The van der Waals surface area contributed by atoms with Crippen molar-refractivity contribution >= 4 is 22.4 Å². The predicted molar refractivity (Wildman–Crippen MR) is 70.5 cm³/mol. The summed E-state index contributed by atoms with van der Waals surface area (Å²) in [6, 6.07) is 4.12. The molecule has 3 nitrogen and oxygen atoms in total. The van der Waals surface area contributed by atoms with E-state index >= 15 is 0 Å². The minimum absolute atomic E-state index is 0.724. The molecular formula is C14H16N2O. The van der Waals surface area contributed by atoms with Crippen molar-refractivity contribution in [3.63, 3.8) is 0 Å². The molecule has 4 N–H and O–H groups in total. The van der Waals surface area contributed by atoms with Crippen LogP contribution in [0, 0.1) is 6.92 Å². The van der Waals surface area contributed by atoms with Crippen molar-refractivity contribution < 1.29 is 4.42 Å². The van der Waals surface area contributed by atoms with Crippen LogP contribution in [0.25, 0.3) is 16.7 Å². The third kappa shape index (κ3) is 1.28. The lowest BCUT2D eigenvalue weighted by atomic mass is 9.94. The summed E-state index contributed by atoms with van der Waals surface area (Å²) in [5.74, 6) is 0.820. The van der Waals surface area contributed by atoms with Crippen LogP contribution in [0.1, 0.15) is 30.2 Å². The Bertz CT molecular complexity index is 650. The van der Waals surface area contributed by atoms with Crippen LogP contribution >= 0.6 is 0 Å². The lowest BCUT2D eigenvalue weighted by molar-refractivity contribution is 0.587. The molecule has 1 aromatic heterocycles. The number of fused-ring (bicyclic) bond motifs is 3. The summed E-state index contributed by atoms with van der Waals surface area (Å²) < 4.78 is 5.88. The van der Waals surface area contributed by atoms with Gasteiger partial charge in [-0.1, -0.05) is 12.1 Å². The third-order valence-corrected chi connectivity index (χ3v) is 3.67. The zero-order valence-electron chi connectivity index (χ0n) is 10.1. The van der Waals surface area contributed by atoms with Gasteiger partial charge in [0.1, 0.15) is 0 Å². The Hall–Kier alpha value is -1.90. The third-order valence-electron chi connectivity index (χ3n) is 3.67. The standard InChI is InChI=1S/C14H16N2O/c1-7-3-5-9-10-6-4-8(2)12(16)14(10)17-13(9)11(7)15/h3,5H,4,6,15-16H2,1-2H3. The van der Waals surface area contributed by atoms with Crippen LogP contribution in [0.2, 0.25) is 0 Å². The maximum Gasteiger partial charge on any atom is 0.158 e. The number of aryl methyl sites for hydroxylation is 2. The van der Waals surface area contributed by atoms with E-state index in [9.17, 15) is 0 Å². The van der Waals surface area contributed by atoms with Gasteiger partial charge in [-0.05, 0) is 37.8 Å². The molecule has 17 heavy (non-hydrogen) atoms. The minimum atomic E-state index is 0.724. The van der Waals surface area contributed by atoms with E-state index in [1.807, 2.05) is 13.0 Å². The number of nitrogens with two attached hydrogens (primary N) is 2. The maximum atomic E-state index is 6.09. The van der Waals surface area contributed by atoms with E-state index in [2.05, 4.69) is 13.0 Å². The molecule has 0 bridgehead atoms. The lowest BCUT2D eigenvalue weighted by Gasteiger charge is -2.13. The van der Waals surface area contributed by atoms with Gasteiger partial charge in [0.15, 0.2) is 11.3 Å². The molecule has 1 aromatic carbocycles. The van der Waals surface area contributed by atoms with Crippen LogP contribution < -0.4 is 11.5 Å². The molecule has 2 aromatic rings. The highest BCUT2D eigenvalue weighted by Crippen LogP contribution is 2.38. The largest absolute Gasteiger partial charge is 0.452 e. The Labute approximate surface area is 100 Å². The molecule has 0 aliphatic heterocycles. The summed E-state index contributed by atoms with van der Waals surface area (Å²) in [5.41, 5.74) is 17.9. The summed E-state index contributed by atoms with van der Waals surface area (Å²) in [7, 11) is 0. The number of furan rings is 1. The zero-order chi connectivity index (χ0) is 12.2. The van der Waals surface area contributed by atoms with Gasteiger partial charge in [0.25, 0.3) is 0 Å². The molecular weight excluding hydrogens is 212 g/mol. The van der Waals surface area contributed by atoms with Gasteiger partial charge in [-0.3, -0.25) is 0 Å². The highest BCUT2D eigenvalue weighted by Gasteiger charge is 2.22. The van der Waals surface area contributed by atoms with Gasteiger partial charge in [0.05, 0.1) is 11.4 Å². The molecule has 0 spiro atoms. The molecule has 0 atom stereocenters. The average molecular weight is 228 g/mol. The first-order chi connectivity index (χ1) is 8.09. The maximum absolute atomic E-state index is 6.09. The van der Waals surface area contributed by atoms with Crippen LogP contribution in [-0.2, 0) is 6.42 Å². The quantitative estimate of drug-likeness (QED) is 0.681. The number of nitrogen functional groups attached to an aromatic ring is 1. The second-order valence-electron chi connectivity index (χ2n) is 4.78. The molecule has 1 heterocycles. The Morgan fingerprint density at radius 2 is 1.88 bits per heavy atom. The fourth-order valence-corrected chi connectivity index (χ4v) is 2.44. The van der Waals surface area contributed by atoms with E-state index in [0.29, 0.717) is 0 Å². The number of anilines is 1. The Kier molecular flexibility index (Phi) is 1.99. The van der Waals surface area contributed by atoms with Gasteiger partial charge in [0.2, 0.25) is 0 Å². The van der Waals surface area contributed by atoms with Gasteiger partial charge >= 0.3 is 0 Å². The van der Waals surface area contributed by atoms with Gasteiger partial charge in [-0.15, -0.1) is 0 Å². The summed E-state index contributed by atoms with van der Waals surface area (Å²) in [5, 5.41) is 1.11. The summed E-state index contributed by atoms with van der Waals surface area (Å²) in [4.78, 5) is 0. The van der Waals surface area contributed by atoms with E-state index in [-0.39, 0.29) is 0 Å². The highest BCUT2D eigenvalue weighted by molar-refractivity contribution is 5.95. The number of hydrogen-bond acceptors (Lipinski definition) is 3. The molecule has 0 saturated carbocycles. The van der Waals surface area contributed by atoms with Crippen molar-refractivity contribution in [3.05, 3.63) is 34.6 Å². The Morgan fingerprint density at radius 3 is 2.65 bits per heavy atom. The van der Waals surface area contributed by atoms with Crippen molar-refractivity contribution in [2.24, 2.45) is 5.73 Å². The molecule has 1 aliphatic rings. The monoisotopic (exact) mass is 228 g/mol. The van der Waals surface area contributed by atoms with Crippen LogP contribution in [-0.4, -0.2) is 0 Å². The Balaban J connectivity index is 2.40. The molecule has 0 unspecified atom stereocenters. The van der Waals surface area contributed by atoms with E-state index in [1.54, 1.807) is 0 Å². The average Bonchev–Trinajstić information content (AvgIpc) is 2.69. The second-order valence-corrected chi connectivity index (χ2v) is 4.78. The lowest BCUT2D eigenvalue weighted by Crippen LogP contribution is -2.07. The fraction of sp³-hybridized carbons (Fsp3) is 0.286. The molecule has 3 heteroatoms. The summed E-state index contributed by atoms with van der Waals surface area (Å²) in [6.45, 7) is 4.04. The predicted octanol–water partition coefficient (Wildman–Crippen LogP) is 2.96. The van der Waals surface area contributed by atoms with Crippen molar-refractivity contribution in [1.82, 2.24) is 0 Å². The van der Waals surface area contributed by atoms with Crippen LogP contribution in [0.5, 0.6) is 0 Å². The molecule has 0 radical (unpaired) electrons. The van der Waals surface area contributed by atoms with Gasteiger partial charge in [-0.25, -0.2) is 0 Å². The van der Waals surface area contributed by atoms with Crippen molar-refractivity contribution in [1.29, 1.82) is 0 Å². The van der Waals surface area contributed by atoms with Gasteiger partial charge < -0.3 is 15.9 Å². The van der Waals surface area contributed by atoms with E-state index in [1.165, 1.54) is 11.1 Å². The molecule has 88 valence electrons. The van der Waals surface area contributed by atoms with Crippen molar-refractivity contribution in [3.8, 4) is 0 Å². The van der Waals surface area contributed by atoms with Crippen LogP contribution in [0.3, 0.4) is 0 Å². The number of hydrogen-bond donors (Lipinski definition) is 2. The summed E-state index contributed by atoms with van der Waals surface area (Å²) in [6.07, 6.45) is 1.98. The second kappa shape index (κ2) is 3.29. The van der Waals surface area contributed by atoms with E-state index in [0.717, 1.165) is 46.5 Å². The smallest absolute Gasteiger partial charge is 0.158 e. The van der Waals surface area contributed by atoms with E-state index in [4.69, 9.17) is 15.9 Å². The summed E-state index contributed by atoms with van der Waals surface area (Å²) >= 11 is 0. The fourth-order valence-electron chi connectivity index (χ4n) is 2.44. The van der Waals surface area contributed by atoms with Crippen molar-refractivity contribution in [2.45, 2.75) is 26.7 Å². The van der Waals surface area contributed by atoms with Gasteiger partial charge in [-0.2, -0.15) is 0 Å². The molecule has 1 aliphatic carbocycles. The minimum Gasteiger partial charge on any atom is -0.452 e. The molecule has 0 saturated heterocycles. The first kappa shape index (κ1) is 10.3. The molecule has 0 amide bonds. The SMILES string of the molecule is CC1=C(N)c2oc3c(N)c(C)ccc3c2CC1. The normalized spacial score (nSPS) is 15.4. The molecule has 3 rings (SSSR count). The van der Waals surface area contributed by atoms with Crippen LogP contribution in [0.15, 0.2) is 22.1 Å². The number of allylic oxidation sites excluding steroid dienone is 1. The first-order valence-corrected chi connectivity index (χ1v) is 5.85. The number of benzene rings is 1. The topological polar surface area (TPSA) is 65.2 Å². The highest BCUT2D eigenvalue weighted by atomic mass is 16.3. The number of rotatable bonds is 0. The van der Waals surface area contributed by atoms with Crippen molar-refractivity contribution in [2.75, 3.05) is 5.73 Å². The van der Waals surface area contributed by atoms with Crippen LogP contribution in [0.4, 0.5) is 5.69 Å². The Morgan fingerprint density at radius 1 is 1.12 bits per heavy atom. The van der Waals surface area contributed by atoms with E-state index < -0.39 is 0 Å². The zero-order valence-corrected chi connectivity index (χ0v) is 10.1. The van der Waals surface area contributed by atoms with Gasteiger partial charge in [0, 0.05) is 10.9 Å². The molecule has 0 fully saturated rings.